The number of phenols is 2. The van der Waals surface area contributed by atoms with Crippen molar-refractivity contribution in [1.82, 2.24) is 0 Å². The SMILES string of the molecule is O=C1OC(c2ccc(O)cc2)Cc2cc(O)cc(O[C@@H]3O[C@H](CO)[C@@H](O)[C@H](O)[C@H]3O)c21. The predicted molar refractivity (Wildman–Crippen MR) is 102 cm³/mol. The molecule has 6 atom stereocenters. The molecule has 0 amide bonds. The number of fused-ring (bicyclic) bond motifs is 1. The van der Waals surface area contributed by atoms with Crippen molar-refractivity contribution in [3.63, 3.8) is 0 Å². The first kappa shape index (κ1) is 21.3. The largest absolute Gasteiger partial charge is 0.508 e. The summed E-state index contributed by atoms with van der Waals surface area (Å²) in [5.41, 5.74) is 1.09. The highest BCUT2D eigenvalue weighted by Gasteiger charge is 2.45. The van der Waals surface area contributed by atoms with Gasteiger partial charge in [-0.3, -0.25) is 0 Å². The third-order valence-electron chi connectivity index (χ3n) is 5.38. The Morgan fingerprint density at radius 3 is 2.35 bits per heavy atom. The Bertz CT molecular complexity index is 957. The highest BCUT2D eigenvalue weighted by molar-refractivity contribution is 5.95. The van der Waals surface area contributed by atoms with Gasteiger partial charge in [0.05, 0.1) is 6.61 Å². The van der Waals surface area contributed by atoms with Crippen molar-refractivity contribution < 1.29 is 49.6 Å². The van der Waals surface area contributed by atoms with Crippen LogP contribution in [0.5, 0.6) is 17.2 Å². The molecule has 2 heterocycles. The summed E-state index contributed by atoms with van der Waals surface area (Å²) in [5, 5.41) is 58.9. The number of cyclic esters (lactones) is 1. The van der Waals surface area contributed by atoms with Crippen LogP contribution < -0.4 is 4.74 Å². The van der Waals surface area contributed by atoms with Crippen molar-refractivity contribution in [1.29, 1.82) is 0 Å². The van der Waals surface area contributed by atoms with E-state index < -0.39 is 49.4 Å². The van der Waals surface area contributed by atoms with Crippen LogP contribution in [0.3, 0.4) is 0 Å². The number of ether oxygens (including phenoxy) is 3. The maximum Gasteiger partial charge on any atom is 0.342 e. The van der Waals surface area contributed by atoms with Gasteiger partial charge in [0.25, 0.3) is 0 Å². The number of hydrogen-bond donors (Lipinski definition) is 6. The maximum absolute atomic E-state index is 12.8. The normalized spacial score (nSPS) is 30.4. The number of phenolic OH excluding ortho intramolecular Hbond substituents is 2. The summed E-state index contributed by atoms with van der Waals surface area (Å²) in [4.78, 5) is 12.8. The number of benzene rings is 2. The van der Waals surface area contributed by atoms with Gasteiger partial charge >= 0.3 is 5.97 Å². The lowest BCUT2D eigenvalue weighted by atomic mass is 9.93. The summed E-state index contributed by atoms with van der Waals surface area (Å²) >= 11 is 0. The van der Waals surface area contributed by atoms with Gasteiger partial charge in [-0.15, -0.1) is 0 Å². The zero-order chi connectivity index (χ0) is 22.3. The van der Waals surface area contributed by atoms with Gasteiger partial charge in [-0.05, 0) is 29.3 Å². The van der Waals surface area contributed by atoms with Crippen molar-refractivity contribution in [3.8, 4) is 17.2 Å². The zero-order valence-corrected chi connectivity index (χ0v) is 16.2. The Morgan fingerprint density at radius 1 is 0.968 bits per heavy atom. The average Bonchev–Trinajstić information content (AvgIpc) is 2.74. The molecule has 0 spiro atoms. The molecule has 166 valence electrons. The Hall–Kier alpha value is -2.89. The minimum absolute atomic E-state index is 0.0183. The van der Waals surface area contributed by atoms with Gasteiger partial charge in [0.1, 0.15) is 53.3 Å². The number of rotatable bonds is 4. The second-order valence-electron chi connectivity index (χ2n) is 7.48. The molecule has 0 saturated carbocycles. The fourth-order valence-corrected chi connectivity index (χ4v) is 3.74. The first-order valence-electron chi connectivity index (χ1n) is 9.61. The second kappa shape index (κ2) is 8.33. The van der Waals surface area contributed by atoms with E-state index in [2.05, 4.69) is 0 Å². The second-order valence-corrected chi connectivity index (χ2v) is 7.48. The van der Waals surface area contributed by atoms with Crippen LogP contribution in [0.15, 0.2) is 36.4 Å². The van der Waals surface area contributed by atoms with Crippen LogP contribution in [-0.4, -0.2) is 73.9 Å². The lowest BCUT2D eigenvalue weighted by Crippen LogP contribution is -2.60. The Morgan fingerprint density at radius 2 is 1.68 bits per heavy atom. The maximum atomic E-state index is 12.8. The number of aliphatic hydroxyl groups is 4. The van der Waals surface area contributed by atoms with Crippen LogP contribution in [0.4, 0.5) is 0 Å². The van der Waals surface area contributed by atoms with Gasteiger partial charge in [-0.1, -0.05) is 12.1 Å². The summed E-state index contributed by atoms with van der Waals surface area (Å²) in [6, 6.07) is 8.70. The third kappa shape index (κ3) is 4.03. The lowest BCUT2D eigenvalue weighted by Gasteiger charge is -2.40. The standard InChI is InChI=1S/C21H22O10/c22-8-15-17(25)18(26)19(27)21(31-15)30-14-7-12(24)5-10-6-13(29-20(28)16(10)14)9-1-3-11(23)4-2-9/h1-5,7,13,15,17-19,21-27H,6,8H2/t13?,15-,17-,18+,19-,21-/m1/s1. The molecule has 4 rings (SSSR count). The van der Waals surface area contributed by atoms with E-state index in [-0.39, 0.29) is 29.2 Å². The minimum Gasteiger partial charge on any atom is -0.508 e. The van der Waals surface area contributed by atoms with E-state index in [1.54, 1.807) is 12.1 Å². The monoisotopic (exact) mass is 434 g/mol. The first-order valence-corrected chi connectivity index (χ1v) is 9.61. The predicted octanol–water partition coefficient (Wildman–Crippen LogP) is -0.269. The molecule has 0 radical (unpaired) electrons. The van der Waals surface area contributed by atoms with E-state index in [1.807, 2.05) is 0 Å². The molecule has 2 aromatic rings. The number of aromatic hydroxyl groups is 2. The van der Waals surface area contributed by atoms with E-state index >= 15 is 0 Å². The highest BCUT2D eigenvalue weighted by atomic mass is 16.7. The number of carbonyl (C=O) groups is 1. The lowest BCUT2D eigenvalue weighted by molar-refractivity contribution is -0.277. The van der Waals surface area contributed by atoms with Crippen molar-refractivity contribution in [3.05, 3.63) is 53.1 Å². The van der Waals surface area contributed by atoms with Crippen LogP contribution in [0.1, 0.15) is 27.6 Å². The molecule has 6 N–H and O–H groups in total. The number of aliphatic hydroxyl groups excluding tert-OH is 4. The fraction of sp³-hybridized carbons (Fsp3) is 0.381. The number of carbonyl (C=O) groups excluding carboxylic acids is 1. The van der Waals surface area contributed by atoms with Crippen LogP contribution in [0.2, 0.25) is 0 Å². The molecule has 2 aliphatic heterocycles. The Kier molecular flexibility index (Phi) is 5.73. The van der Waals surface area contributed by atoms with E-state index in [4.69, 9.17) is 14.2 Å². The van der Waals surface area contributed by atoms with Crippen molar-refractivity contribution in [2.24, 2.45) is 0 Å². The quantitative estimate of drug-likeness (QED) is 0.353. The van der Waals surface area contributed by atoms with Crippen molar-refractivity contribution in [2.75, 3.05) is 6.61 Å². The van der Waals surface area contributed by atoms with Crippen LogP contribution in [0.25, 0.3) is 0 Å². The number of hydrogen-bond acceptors (Lipinski definition) is 10. The van der Waals surface area contributed by atoms with Crippen LogP contribution in [0, 0.1) is 0 Å². The van der Waals surface area contributed by atoms with Gasteiger partial charge < -0.3 is 44.8 Å². The fourth-order valence-electron chi connectivity index (χ4n) is 3.74. The van der Waals surface area contributed by atoms with Gasteiger partial charge in [-0.25, -0.2) is 4.79 Å². The topological polar surface area (TPSA) is 166 Å². The zero-order valence-electron chi connectivity index (χ0n) is 16.2. The molecule has 2 aliphatic rings. The van der Waals surface area contributed by atoms with Gasteiger partial charge in [0, 0.05) is 12.5 Å². The molecule has 0 aromatic heterocycles. The van der Waals surface area contributed by atoms with E-state index in [1.165, 1.54) is 18.2 Å². The Balaban J connectivity index is 1.63. The summed E-state index contributed by atoms with van der Waals surface area (Å²) in [5.74, 6) is -1.02. The van der Waals surface area contributed by atoms with E-state index in [0.717, 1.165) is 6.07 Å². The van der Waals surface area contributed by atoms with Crippen LogP contribution in [-0.2, 0) is 15.9 Å². The molecule has 1 saturated heterocycles. The average molecular weight is 434 g/mol. The van der Waals surface area contributed by atoms with Gasteiger partial charge in [0.15, 0.2) is 0 Å². The van der Waals surface area contributed by atoms with E-state index in [9.17, 15) is 35.4 Å². The molecule has 0 bridgehead atoms. The molecule has 0 aliphatic carbocycles. The van der Waals surface area contributed by atoms with Gasteiger partial charge in [0.2, 0.25) is 6.29 Å². The van der Waals surface area contributed by atoms with E-state index in [0.29, 0.717) is 11.1 Å². The Labute approximate surface area is 176 Å². The molecule has 1 unspecified atom stereocenters. The van der Waals surface area contributed by atoms with Crippen molar-refractivity contribution in [2.45, 2.75) is 43.2 Å². The summed E-state index contributed by atoms with van der Waals surface area (Å²) in [6.45, 7) is -0.640. The molecular formula is C21H22O10. The van der Waals surface area contributed by atoms with Gasteiger partial charge in [-0.2, -0.15) is 0 Å². The van der Waals surface area contributed by atoms with Crippen molar-refractivity contribution >= 4 is 5.97 Å². The molecule has 10 heteroatoms. The molecular weight excluding hydrogens is 412 g/mol. The number of esters is 1. The molecule has 1 fully saturated rings. The minimum atomic E-state index is -1.68. The molecule has 2 aromatic carbocycles. The first-order chi connectivity index (χ1) is 14.8. The summed E-state index contributed by atoms with van der Waals surface area (Å²) < 4.78 is 16.4. The highest BCUT2D eigenvalue weighted by Crippen LogP contribution is 2.39. The molecule has 31 heavy (non-hydrogen) atoms. The summed E-state index contributed by atoms with van der Waals surface area (Å²) in [6.07, 6.45) is -8.05. The van der Waals surface area contributed by atoms with Crippen LogP contribution >= 0.6 is 0 Å². The molecule has 10 nitrogen and oxygen atoms in total. The summed E-state index contributed by atoms with van der Waals surface area (Å²) in [7, 11) is 0. The third-order valence-corrected chi connectivity index (χ3v) is 5.38. The smallest absolute Gasteiger partial charge is 0.342 e.